The number of para-hydroxylation sites is 1. The molecule has 2 aromatic carbocycles. The van der Waals surface area contributed by atoms with Crippen LogP contribution in [0.4, 0.5) is 10.5 Å². The Balaban J connectivity index is 1.48. The molecular weight excluding hydrogens is 326 g/mol. The summed E-state index contributed by atoms with van der Waals surface area (Å²) in [6.45, 7) is 0.729. The molecule has 0 aliphatic carbocycles. The summed E-state index contributed by atoms with van der Waals surface area (Å²) in [6.07, 6.45) is 1.73. The Morgan fingerprint density at radius 1 is 1.08 bits per heavy atom. The Morgan fingerprint density at radius 3 is 2.71 bits per heavy atom. The van der Waals surface area contributed by atoms with Crippen LogP contribution in [0.1, 0.15) is 0 Å². The first-order valence-electron chi connectivity index (χ1n) is 7.49. The summed E-state index contributed by atoms with van der Waals surface area (Å²) >= 11 is 5.80. The molecule has 0 bridgehead atoms. The topological polar surface area (TPSA) is 63.2 Å². The first-order valence-corrected chi connectivity index (χ1v) is 7.87. The van der Waals surface area contributed by atoms with E-state index in [0.29, 0.717) is 29.6 Å². The monoisotopic (exact) mass is 341 g/mol. The number of benzene rings is 2. The molecule has 24 heavy (non-hydrogen) atoms. The lowest BCUT2D eigenvalue weighted by atomic mass is 10.2. The number of ether oxygens (including phenoxy) is 1. The third-order valence-electron chi connectivity index (χ3n) is 3.34. The van der Waals surface area contributed by atoms with Crippen LogP contribution in [0.3, 0.4) is 0 Å². The summed E-state index contributed by atoms with van der Waals surface area (Å²) in [4.78, 5) is 16.1. The minimum Gasteiger partial charge on any atom is -0.489 e. The van der Waals surface area contributed by atoms with E-state index in [9.17, 15) is 4.79 Å². The van der Waals surface area contributed by atoms with Gasteiger partial charge >= 0.3 is 6.03 Å². The number of aromatic nitrogens is 1. The number of pyridine rings is 1. The van der Waals surface area contributed by atoms with Gasteiger partial charge in [-0.25, -0.2) is 4.79 Å². The number of halogens is 1. The Hall–Kier alpha value is -2.79. The van der Waals surface area contributed by atoms with Crippen molar-refractivity contribution in [1.82, 2.24) is 10.3 Å². The molecule has 3 aromatic rings. The lowest BCUT2D eigenvalue weighted by Crippen LogP contribution is -2.32. The van der Waals surface area contributed by atoms with Gasteiger partial charge in [-0.2, -0.15) is 0 Å². The Morgan fingerprint density at radius 2 is 1.88 bits per heavy atom. The van der Waals surface area contributed by atoms with Gasteiger partial charge in [-0.3, -0.25) is 4.98 Å². The summed E-state index contributed by atoms with van der Waals surface area (Å²) in [5, 5.41) is 7.10. The van der Waals surface area contributed by atoms with Crippen LogP contribution in [-0.4, -0.2) is 24.2 Å². The number of rotatable bonds is 5. The zero-order valence-corrected chi connectivity index (χ0v) is 13.6. The molecule has 0 aliphatic rings. The van der Waals surface area contributed by atoms with Crippen LogP contribution in [0.25, 0.3) is 10.9 Å². The van der Waals surface area contributed by atoms with E-state index < -0.39 is 0 Å². The van der Waals surface area contributed by atoms with E-state index in [2.05, 4.69) is 15.6 Å². The van der Waals surface area contributed by atoms with Crippen molar-refractivity contribution < 1.29 is 9.53 Å². The molecule has 122 valence electrons. The average molecular weight is 342 g/mol. The van der Waals surface area contributed by atoms with Gasteiger partial charge in [0.25, 0.3) is 0 Å². The fourth-order valence-electron chi connectivity index (χ4n) is 2.23. The van der Waals surface area contributed by atoms with Crippen LogP contribution in [-0.2, 0) is 0 Å². The molecule has 2 amide bonds. The van der Waals surface area contributed by atoms with Crippen LogP contribution in [0.15, 0.2) is 60.8 Å². The number of amides is 2. The highest BCUT2D eigenvalue weighted by Crippen LogP contribution is 2.22. The molecule has 3 rings (SSSR count). The van der Waals surface area contributed by atoms with Crippen LogP contribution in [0.2, 0.25) is 5.02 Å². The number of carbonyl (C=O) groups excluding carboxylic acids is 1. The number of hydrogen-bond acceptors (Lipinski definition) is 3. The molecule has 1 aromatic heterocycles. The largest absolute Gasteiger partial charge is 0.489 e. The van der Waals surface area contributed by atoms with Crippen LogP contribution in [0, 0.1) is 0 Å². The van der Waals surface area contributed by atoms with Crippen molar-refractivity contribution in [3.05, 3.63) is 65.8 Å². The van der Waals surface area contributed by atoms with Gasteiger partial charge in [0.1, 0.15) is 17.9 Å². The molecule has 0 radical (unpaired) electrons. The summed E-state index contributed by atoms with van der Waals surface area (Å²) in [6, 6.07) is 16.2. The lowest BCUT2D eigenvalue weighted by molar-refractivity contribution is 0.247. The lowest BCUT2D eigenvalue weighted by Gasteiger charge is -2.10. The Bertz CT molecular complexity index is 832. The van der Waals surface area contributed by atoms with E-state index in [4.69, 9.17) is 16.3 Å². The zero-order valence-electron chi connectivity index (χ0n) is 12.8. The maximum atomic E-state index is 11.8. The summed E-state index contributed by atoms with van der Waals surface area (Å²) in [5.74, 6) is 0.702. The van der Waals surface area contributed by atoms with Crippen molar-refractivity contribution in [3.8, 4) is 5.75 Å². The number of fused-ring (bicyclic) bond motifs is 1. The molecule has 0 unspecified atom stereocenters. The average Bonchev–Trinajstić information content (AvgIpc) is 2.61. The van der Waals surface area contributed by atoms with Crippen molar-refractivity contribution in [3.63, 3.8) is 0 Å². The number of urea groups is 1. The molecule has 0 fully saturated rings. The van der Waals surface area contributed by atoms with Crippen molar-refractivity contribution in [2.45, 2.75) is 0 Å². The number of carbonyl (C=O) groups is 1. The highest BCUT2D eigenvalue weighted by atomic mass is 35.5. The van der Waals surface area contributed by atoms with Gasteiger partial charge < -0.3 is 15.4 Å². The standard InChI is InChI=1S/C18H16ClN3O2/c19-14-6-8-15(9-7-14)22-18(23)21-11-12-24-16-5-1-3-13-4-2-10-20-17(13)16/h1-10H,11-12H2,(H2,21,22,23). The fraction of sp³-hybridized carbons (Fsp3) is 0.111. The molecule has 5 nitrogen and oxygen atoms in total. The molecule has 1 heterocycles. The first-order chi connectivity index (χ1) is 11.7. The zero-order chi connectivity index (χ0) is 16.8. The van der Waals surface area contributed by atoms with Gasteiger partial charge in [-0.05, 0) is 36.4 Å². The molecular formula is C18H16ClN3O2. The Labute approximate surface area is 144 Å². The van der Waals surface area contributed by atoms with Crippen LogP contribution in [0.5, 0.6) is 5.75 Å². The molecule has 0 spiro atoms. The number of nitrogens with zero attached hydrogens (tertiary/aromatic N) is 1. The highest BCUT2D eigenvalue weighted by Gasteiger charge is 2.04. The number of hydrogen-bond donors (Lipinski definition) is 2. The van der Waals surface area contributed by atoms with Crippen LogP contribution >= 0.6 is 11.6 Å². The summed E-state index contributed by atoms with van der Waals surface area (Å²) < 4.78 is 5.71. The first kappa shape index (κ1) is 16.1. The summed E-state index contributed by atoms with van der Waals surface area (Å²) in [5.41, 5.74) is 1.49. The summed E-state index contributed by atoms with van der Waals surface area (Å²) in [7, 11) is 0. The van der Waals surface area contributed by atoms with Crippen molar-refractivity contribution >= 4 is 34.2 Å². The van der Waals surface area contributed by atoms with Crippen molar-refractivity contribution in [2.24, 2.45) is 0 Å². The SMILES string of the molecule is O=C(NCCOc1cccc2cccnc12)Nc1ccc(Cl)cc1. The molecule has 0 saturated heterocycles. The van der Waals surface area contributed by atoms with Gasteiger partial charge in [-0.15, -0.1) is 0 Å². The second-order valence-electron chi connectivity index (χ2n) is 5.07. The third-order valence-corrected chi connectivity index (χ3v) is 3.59. The maximum absolute atomic E-state index is 11.8. The van der Waals surface area contributed by atoms with Gasteiger partial charge in [-0.1, -0.05) is 29.8 Å². The highest BCUT2D eigenvalue weighted by molar-refractivity contribution is 6.30. The second kappa shape index (κ2) is 7.66. The molecule has 6 heteroatoms. The van der Waals surface area contributed by atoms with Crippen molar-refractivity contribution in [1.29, 1.82) is 0 Å². The molecule has 0 atom stereocenters. The number of anilines is 1. The van der Waals surface area contributed by atoms with E-state index in [0.717, 1.165) is 10.9 Å². The quantitative estimate of drug-likeness (QED) is 0.687. The molecule has 0 aliphatic heterocycles. The molecule has 2 N–H and O–H groups in total. The van der Waals surface area contributed by atoms with E-state index in [1.807, 2.05) is 30.3 Å². The normalized spacial score (nSPS) is 10.4. The van der Waals surface area contributed by atoms with E-state index in [-0.39, 0.29) is 6.03 Å². The molecule has 0 saturated carbocycles. The van der Waals surface area contributed by atoms with Crippen LogP contribution < -0.4 is 15.4 Å². The van der Waals surface area contributed by atoms with Gasteiger partial charge in [0, 0.05) is 22.3 Å². The van der Waals surface area contributed by atoms with E-state index >= 15 is 0 Å². The van der Waals surface area contributed by atoms with E-state index in [1.165, 1.54) is 0 Å². The minimum absolute atomic E-state index is 0.294. The minimum atomic E-state index is -0.294. The predicted molar refractivity (Wildman–Crippen MR) is 95.7 cm³/mol. The fourth-order valence-corrected chi connectivity index (χ4v) is 2.35. The van der Waals surface area contributed by atoms with Crippen molar-refractivity contribution in [2.75, 3.05) is 18.5 Å². The number of nitrogens with one attached hydrogen (secondary N) is 2. The second-order valence-corrected chi connectivity index (χ2v) is 5.50. The van der Waals surface area contributed by atoms with Gasteiger partial charge in [0.15, 0.2) is 0 Å². The van der Waals surface area contributed by atoms with E-state index in [1.54, 1.807) is 30.5 Å². The van der Waals surface area contributed by atoms with Gasteiger partial charge in [0.05, 0.1) is 6.54 Å². The predicted octanol–water partition coefficient (Wildman–Crippen LogP) is 4.09. The third kappa shape index (κ3) is 4.14. The smallest absolute Gasteiger partial charge is 0.319 e. The van der Waals surface area contributed by atoms with Gasteiger partial charge in [0.2, 0.25) is 0 Å². The maximum Gasteiger partial charge on any atom is 0.319 e. The Kier molecular flexibility index (Phi) is 5.13.